The van der Waals surface area contributed by atoms with Crippen LogP contribution in [0.25, 0.3) is 0 Å². The number of rotatable bonds is 4. The topological polar surface area (TPSA) is 66.7 Å². The molecule has 1 unspecified atom stereocenters. The van der Waals surface area contributed by atoms with E-state index in [9.17, 15) is 8.42 Å². The van der Waals surface area contributed by atoms with E-state index in [-0.39, 0.29) is 5.41 Å². The van der Waals surface area contributed by atoms with Crippen molar-refractivity contribution in [2.24, 2.45) is 5.41 Å². The van der Waals surface area contributed by atoms with Crippen molar-refractivity contribution >= 4 is 10.0 Å². The highest BCUT2D eigenvalue weighted by atomic mass is 32.2. The molecule has 2 fully saturated rings. The third-order valence-electron chi connectivity index (χ3n) is 6.37. The molecule has 0 N–H and O–H groups in total. The monoisotopic (exact) mass is 403 g/mol. The summed E-state index contributed by atoms with van der Waals surface area (Å²) >= 11 is 0. The molecule has 0 bridgehead atoms. The molecule has 0 radical (unpaired) electrons. The summed E-state index contributed by atoms with van der Waals surface area (Å²) < 4.78 is 33.2. The lowest BCUT2D eigenvalue weighted by Crippen LogP contribution is -2.45. The fraction of sp³-hybridized carbons (Fsp3) is 0.571. The van der Waals surface area contributed by atoms with E-state index in [1.165, 1.54) is 5.56 Å². The van der Waals surface area contributed by atoms with Gasteiger partial charge in [-0.3, -0.25) is 4.90 Å². The number of aryl methyl sites for hydroxylation is 3. The minimum Gasteiger partial charge on any atom is -0.361 e. The van der Waals surface area contributed by atoms with E-state index in [0.717, 1.165) is 55.9 Å². The van der Waals surface area contributed by atoms with Gasteiger partial charge in [-0.05, 0) is 64.1 Å². The first kappa shape index (κ1) is 19.6. The molecule has 3 heterocycles. The molecule has 28 heavy (non-hydrogen) atoms. The van der Waals surface area contributed by atoms with E-state index < -0.39 is 10.0 Å². The van der Waals surface area contributed by atoms with Crippen LogP contribution in [0.2, 0.25) is 0 Å². The van der Waals surface area contributed by atoms with Crippen LogP contribution in [0.3, 0.4) is 0 Å². The molecule has 2 aliphatic rings. The summed E-state index contributed by atoms with van der Waals surface area (Å²) in [6.07, 6.45) is 3.11. The minimum absolute atomic E-state index is 0.0506. The molecule has 7 heteroatoms. The Balaban J connectivity index is 1.48. The molecule has 1 aromatic carbocycles. The van der Waals surface area contributed by atoms with Crippen molar-refractivity contribution in [2.45, 2.75) is 51.5 Å². The highest BCUT2D eigenvalue weighted by Crippen LogP contribution is 2.41. The maximum atomic E-state index is 13.1. The number of sulfonamides is 1. The van der Waals surface area contributed by atoms with E-state index in [0.29, 0.717) is 18.0 Å². The fourth-order valence-corrected chi connectivity index (χ4v) is 6.24. The largest absolute Gasteiger partial charge is 0.361 e. The van der Waals surface area contributed by atoms with Crippen molar-refractivity contribution in [3.63, 3.8) is 0 Å². The first-order chi connectivity index (χ1) is 13.3. The van der Waals surface area contributed by atoms with Crippen LogP contribution < -0.4 is 0 Å². The van der Waals surface area contributed by atoms with Gasteiger partial charge in [-0.25, -0.2) is 8.42 Å². The summed E-state index contributed by atoms with van der Waals surface area (Å²) in [5.41, 5.74) is 3.24. The minimum atomic E-state index is -3.42. The lowest BCUT2D eigenvalue weighted by molar-refractivity contribution is 0.0930. The third kappa shape index (κ3) is 3.63. The molecular formula is C21H29N3O3S. The maximum Gasteiger partial charge on any atom is 0.243 e. The number of piperidine rings is 1. The van der Waals surface area contributed by atoms with Gasteiger partial charge in [-0.15, -0.1) is 0 Å². The second-order valence-electron chi connectivity index (χ2n) is 8.52. The smallest absolute Gasteiger partial charge is 0.243 e. The summed E-state index contributed by atoms with van der Waals surface area (Å²) in [6, 6.07) is 7.18. The molecule has 1 aromatic heterocycles. The molecule has 2 aliphatic heterocycles. The molecular weight excluding hydrogens is 374 g/mol. The van der Waals surface area contributed by atoms with Crippen LogP contribution in [-0.4, -0.2) is 49.0 Å². The molecule has 0 aliphatic carbocycles. The lowest BCUT2D eigenvalue weighted by Gasteiger charge is -2.40. The van der Waals surface area contributed by atoms with Gasteiger partial charge in [-0.1, -0.05) is 22.9 Å². The Hall–Kier alpha value is -1.70. The molecule has 1 spiro atoms. The van der Waals surface area contributed by atoms with Crippen molar-refractivity contribution in [3.05, 3.63) is 46.8 Å². The van der Waals surface area contributed by atoms with E-state index >= 15 is 0 Å². The van der Waals surface area contributed by atoms with Crippen LogP contribution in [0, 0.1) is 26.2 Å². The van der Waals surface area contributed by atoms with Gasteiger partial charge in [0.05, 0.1) is 10.6 Å². The predicted molar refractivity (Wildman–Crippen MR) is 107 cm³/mol. The van der Waals surface area contributed by atoms with Crippen LogP contribution in [0.4, 0.5) is 0 Å². The van der Waals surface area contributed by atoms with E-state index in [1.807, 2.05) is 32.9 Å². The summed E-state index contributed by atoms with van der Waals surface area (Å²) in [6.45, 7) is 9.92. The molecule has 2 saturated heterocycles. The zero-order valence-corrected chi connectivity index (χ0v) is 17.8. The fourth-order valence-electron chi connectivity index (χ4n) is 4.69. The van der Waals surface area contributed by atoms with E-state index in [2.05, 4.69) is 10.1 Å². The zero-order chi connectivity index (χ0) is 19.9. The Morgan fingerprint density at radius 2 is 1.82 bits per heavy atom. The van der Waals surface area contributed by atoms with Gasteiger partial charge in [-0.2, -0.15) is 4.31 Å². The van der Waals surface area contributed by atoms with Gasteiger partial charge in [0.1, 0.15) is 5.76 Å². The standard InChI is InChI=1S/C21H29N3O3S/c1-16-5-7-19(8-6-16)28(25,26)24-12-10-21(15-24)9-4-11-23(14-21)13-20-17(2)22-27-18(20)3/h5-8H,4,9-15H2,1-3H3. The summed E-state index contributed by atoms with van der Waals surface area (Å²) in [5.74, 6) is 0.882. The normalized spacial score (nSPS) is 24.2. The van der Waals surface area contributed by atoms with Crippen molar-refractivity contribution in [1.82, 2.24) is 14.4 Å². The maximum absolute atomic E-state index is 13.1. The molecule has 2 aromatic rings. The summed E-state index contributed by atoms with van der Waals surface area (Å²) in [5, 5.41) is 4.07. The Kier molecular flexibility index (Phi) is 5.10. The van der Waals surface area contributed by atoms with Gasteiger partial charge < -0.3 is 4.52 Å². The molecule has 4 rings (SSSR count). The second kappa shape index (κ2) is 7.28. The van der Waals surface area contributed by atoms with Crippen LogP contribution in [0.5, 0.6) is 0 Å². The summed E-state index contributed by atoms with van der Waals surface area (Å²) in [7, 11) is -3.42. The van der Waals surface area contributed by atoms with Crippen molar-refractivity contribution in [1.29, 1.82) is 0 Å². The van der Waals surface area contributed by atoms with Crippen LogP contribution in [0.15, 0.2) is 33.7 Å². The highest BCUT2D eigenvalue weighted by Gasteiger charge is 2.45. The molecule has 0 saturated carbocycles. The number of hydrogen-bond acceptors (Lipinski definition) is 5. The average Bonchev–Trinajstić information content (AvgIpc) is 3.21. The van der Waals surface area contributed by atoms with Gasteiger partial charge in [0.2, 0.25) is 10.0 Å². The zero-order valence-electron chi connectivity index (χ0n) is 16.9. The number of benzene rings is 1. The van der Waals surface area contributed by atoms with Gasteiger partial charge in [0.15, 0.2) is 0 Å². The van der Waals surface area contributed by atoms with Gasteiger partial charge in [0, 0.05) is 31.7 Å². The van der Waals surface area contributed by atoms with E-state index in [1.54, 1.807) is 16.4 Å². The van der Waals surface area contributed by atoms with Crippen molar-refractivity contribution in [2.75, 3.05) is 26.2 Å². The van der Waals surface area contributed by atoms with E-state index in [4.69, 9.17) is 4.52 Å². The predicted octanol–water partition coefficient (Wildman–Crippen LogP) is 3.28. The first-order valence-electron chi connectivity index (χ1n) is 10.0. The molecule has 152 valence electrons. The quantitative estimate of drug-likeness (QED) is 0.784. The Morgan fingerprint density at radius 1 is 1.07 bits per heavy atom. The number of hydrogen-bond donors (Lipinski definition) is 0. The Bertz CT molecular complexity index is 932. The van der Waals surface area contributed by atoms with Gasteiger partial charge in [0.25, 0.3) is 0 Å². The highest BCUT2D eigenvalue weighted by molar-refractivity contribution is 7.89. The summed E-state index contributed by atoms with van der Waals surface area (Å²) in [4.78, 5) is 2.84. The number of nitrogens with zero attached hydrogens (tertiary/aromatic N) is 3. The second-order valence-corrected chi connectivity index (χ2v) is 10.5. The Labute approximate surface area is 167 Å². The van der Waals surface area contributed by atoms with Crippen LogP contribution >= 0.6 is 0 Å². The molecule has 1 atom stereocenters. The third-order valence-corrected chi connectivity index (χ3v) is 8.22. The van der Waals surface area contributed by atoms with Crippen LogP contribution in [-0.2, 0) is 16.6 Å². The Morgan fingerprint density at radius 3 is 2.50 bits per heavy atom. The molecule has 6 nitrogen and oxygen atoms in total. The van der Waals surface area contributed by atoms with Crippen molar-refractivity contribution < 1.29 is 12.9 Å². The lowest BCUT2D eigenvalue weighted by atomic mass is 9.79. The van der Waals surface area contributed by atoms with Gasteiger partial charge >= 0.3 is 0 Å². The average molecular weight is 404 g/mol. The first-order valence-corrected chi connectivity index (χ1v) is 11.4. The molecule has 0 amide bonds. The SMILES string of the molecule is Cc1ccc(S(=O)(=O)N2CCC3(CCCN(Cc4c(C)noc4C)C3)C2)cc1. The number of aromatic nitrogens is 1. The number of likely N-dealkylation sites (tertiary alicyclic amines) is 1. The van der Waals surface area contributed by atoms with Crippen molar-refractivity contribution in [3.8, 4) is 0 Å². The van der Waals surface area contributed by atoms with Crippen LogP contribution in [0.1, 0.15) is 41.8 Å².